The normalized spacial score (nSPS) is 10.8. The molecule has 1 nitrogen and oxygen atoms in total. The fourth-order valence-corrected chi connectivity index (χ4v) is 1.79. The first-order chi connectivity index (χ1) is 7.83. The Kier molecular flexibility index (Phi) is 2.19. The second-order valence-corrected chi connectivity index (χ2v) is 4.12. The molecule has 2 heteroatoms. The molecule has 2 aromatic rings. The Hall–Kier alpha value is -1.73. The van der Waals surface area contributed by atoms with Crippen LogP contribution in [0.15, 0.2) is 59.2 Å². The van der Waals surface area contributed by atoms with Crippen molar-refractivity contribution < 1.29 is 4.42 Å². The number of fused-ring (bicyclic) bond motifs is 2. The minimum Gasteiger partial charge on any atom is -0.464 e. The molecule has 4 rings (SSSR count). The van der Waals surface area contributed by atoms with Crippen LogP contribution in [-0.4, -0.2) is 0 Å². The van der Waals surface area contributed by atoms with E-state index in [0.29, 0.717) is 0 Å². The Morgan fingerprint density at radius 2 is 1.69 bits per heavy atom. The smallest absolute Gasteiger partial charge is 0.133 e. The average molecular weight is 229 g/mol. The van der Waals surface area contributed by atoms with Gasteiger partial charge in [0.15, 0.2) is 0 Å². The zero-order valence-electron chi connectivity index (χ0n) is 8.48. The zero-order valence-corrected chi connectivity index (χ0v) is 9.24. The summed E-state index contributed by atoms with van der Waals surface area (Å²) in [4.78, 5) is 0. The van der Waals surface area contributed by atoms with Gasteiger partial charge in [-0.05, 0) is 41.5 Å². The number of halogens is 1. The third kappa shape index (κ3) is 1.82. The Morgan fingerprint density at radius 3 is 2.31 bits per heavy atom. The first-order valence-electron chi connectivity index (χ1n) is 5.06. The summed E-state index contributed by atoms with van der Waals surface area (Å²) in [5, 5.41) is 1.79. The van der Waals surface area contributed by atoms with Crippen molar-refractivity contribution in [1.29, 1.82) is 0 Å². The fourth-order valence-electron chi connectivity index (χ4n) is 1.61. The molecule has 16 heavy (non-hydrogen) atoms. The van der Waals surface area contributed by atoms with Crippen LogP contribution in [0, 0.1) is 0 Å². The minimum atomic E-state index is 0.744. The van der Waals surface area contributed by atoms with Crippen LogP contribution in [0.25, 0.3) is 22.1 Å². The Bertz CT molecular complexity index is 623. The molecule has 0 aliphatic heterocycles. The fraction of sp³-hybridized carbons (Fsp3) is 0. The summed E-state index contributed by atoms with van der Waals surface area (Å²) in [5.74, 6) is 0. The number of hydrogen-bond donors (Lipinski definition) is 0. The van der Waals surface area contributed by atoms with E-state index in [1.165, 1.54) is 11.1 Å². The van der Waals surface area contributed by atoms with Crippen molar-refractivity contribution in [3.8, 4) is 11.1 Å². The molecule has 0 fully saturated rings. The Labute approximate surface area is 98.3 Å². The van der Waals surface area contributed by atoms with Gasteiger partial charge in [-0.25, -0.2) is 0 Å². The summed E-state index contributed by atoms with van der Waals surface area (Å²) in [5.41, 5.74) is 3.73. The molecule has 1 aromatic carbocycles. The molecule has 0 amide bonds. The van der Waals surface area contributed by atoms with Crippen LogP contribution in [0.4, 0.5) is 0 Å². The van der Waals surface area contributed by atoms with E-state index in [-0.39, 0.29) is 0 Å². The molecule has 78 valence electrons. The maximum Gasteiger partial charge on any atom is 0.133 e. The number of hydrogen-bond acceptors (Lipinski definition) is 1. The molecule has 0 atom stereocenters. The highest BCUT2D eigenvalue weighted by molar-refractivity contribution is 6.31. The lowest BCUT2D eigenvalue weighted by Gasteiger charge is -1.87. The van der Waals surface area contributed by atoms with Gasteiger partial charge in [-0.1, -0.05) is 29.8 Å². The third-order valence-electron chi connectivity index (χ3n) is 2.53. The quantitative estimate of drug-likeness (QED) is 0.423. The first-order valence-corrected chi connectivity index (χ1v) is 5.44. The van der Waals surface area contributed by atoms with Gasteiger partial charge in [-0.3, -0.25) is 0 Å². The molecule has 0 saturated heterocycles. The van der Waals surface area contributed by atoms with E-state index < -0.39 is 0 Å². The molecule has 0 N–H and O–H groups in total. The SMILES string of the molecule is Clc1ccc2occc2c1.c1cc2cc-2c1. The van der Waals surface area contributed by atoms with E-state index in [1.807, 2.05) is 24.3 Å². The van der Waals surface area contributed by atoms with Gasteiger partial charge < -0.3 is 4.42 Å². The summed E-state index contributed by atoms with van der Waals surface area (Å²) >= 11 is 5.73. The molecule has 0 radical (unpaired) electrons. The lowest BCUT2D eigenvalue weighted by molar-refractivity contribution is 0.616. The number of benzene rings is 2. The van der Waals surface area contributed by atoms with Crippen LogP contribution in [-0.2, 0) is 0 Å². The monoisotopic (exact) mass is 228 g/mol. The van der Waals surface area contributed by atoms with Gasteiger partial charge in [0.1, 0.15) is 5.58 Å². The van der Waals surface area contributed by atoms with Gasteiger partial charge in [-0.2, -0.15) is 0 Å². The van der Waals surface area contributed by atoms with Gasteiger partial charge in [-0.15, -0.1) is 0 Å². The predicted molar refractivity (Wildman–Crippen MR) is 66.7 cm³/mol. The maximum absolute atomic E-state index is 5.73. The summed E-state index contributed by atoms with van der Waals surface area (Å²) < 4.78 is 5.11. The van der Waals surface area contributed by atoms with E-state index in [9.17, 15) is 0 Å². The van der Waals surface area contributed by atoms with Crippen molar-refractivity contribution in [2.45, 2.75) is 0 Å². The van der Waals surface area contributed by atoms with Crippen molar-refractivity contribution in [3.63, 3.8) is 0 Å². The second-order valence-electron chi connectivity index (χ2n) is 3.68. The van der Waals surface area contributed by atoms with Crippen LogP contribution < -0.4 is 0 Å². The first kappa shape index (κ1) is 9.49. The van der Waals surface area contributed by atoms with Gasteiger partial charge in [0.2, 0.25) is 0 Å². The van der Waals surface area contributed by atoms with Gasteiger partial charge in [0.25, 0.3) is 0 Å². The molecule has 0 bridgehead atoms. The van der Waals surface area contributed by atoms with Crippen LogP contribution in [0.1, 0.15) is 0 Å². The van der Waals surface area contributed by atoms with Crippen LogP contribution in [0.2, 0.25) is 5.02 Å². The van der Waals surface area contributed by atoms with Crippen molar-refractivity contribution in [2.75, 3.05) is 0 Å². The highest BCUT2D eigenvalue weighted by Gasteiger charge is 2.06. The molecular weight excluding hydrogens is 220 g/mol. The Morgan fingerprint density at radius 1 is 0.875 bits per heavy atom. The van der Waals surface area contributed by atoms with E-state index in [2.05, 4.69) is 24.3 Å². The highest BCUT2D eigenvalue weighted by atomic mass is 35.5. The van der Waals surface area contributed by atoms with Gasteiger partial charge in [0.05, 0.1) is 6.26 Å². The molecule has 2 aliphatic rings. The van der Waals surface area contributed by atoms with Crippen LogP contribution >= 0.6 is 11.6 Å². The van der Waals surface area contributed by atoms with Gasteiger partial charge in [0, 0.05) is 10.4 Å². The minimum absolute atomic E-state index is 0.744. The van der Waals surface area contributed by atoms with Crippen molar-refractivity contribution in [3.05, 3.63) is 59.8 Å². The van der Waals surface area contributed by atoms with E-state index in [4.69, 9.17) is 16.0 Å². The molecule has 1 heterocycles. The van der Waals surface area contributed by atoms with Gasteiger partial charge >= 0.3 is 0 Å². The van der Waals surface area contributed by atoms with E-state index >= 15 is 0 Å². The van der Waals surface area contributed by atoms with E-state index in [1.54, 1.807) is 6.26 Å². The molecule has 2 aliphatic carbocycles. The lowest BCUT2D eigenvalue weighted by Crippen LogP contribution is -1.62. The summed E-state index contributed by atoms with van der Waals surface area (Å²) in [6.07, 6.45) is 1.65. The van der Waals surface area contributed by atoms with E-state index in [0.717, 1.165) is 16.0 Å². The topological polar surface area (TPSA) is 13.1 Å². The standard InChI is InChI=1S/C8H5ClO.C6H4/c9-7-1-2-8-6(5-7)3-4-10-8;1-2-5-4-6(5)3-1/h1-5H;1-4H. The molecule has 0 saturated carbocycles. The van der Waals surface area contributed by atoms with Crippen LogP contribution in [0.3, 0.4) is 0 Å². The summed E-state index contributed by atoms with van der Waals surface area (Å²) in [7, 11) is 0. The molecule has 0 unspecified atom stereocenters. The zero-order chi connectivity index (χ0) is 11.0. The Balaban J connectivity index is 0.000000114. The molecular formula is C14H9ClO. The highest BCUT2D eigenvalue weighted by Crippen LogP contribution is 2.32. The van der Waals surface area contributed by atoms with Crippen molar-refractivity contribution >= 4 is 22.6 Å². The average Bonchev–Trinajstić information content (AvgIpc) is 2.74. The predicted octanol–water partition coefficient (Wildman–Crippen LogP) is 4.75. The largest absolute Gasteiger partial charge is 0.464 e. The second kappa shape index (κ2) is 3.69. The summed E-state index contributed by atoms with van der Waals surface area (Å²) in [6, 6.07) is 15.9. The molecule has 1 aromatic heterocycles. The summed E-state index contributed by atoms with van der Waals surface area (Å²) in [6.45, 7) is 0. The number of furan rings is 1. The maximum atomic E-state index is 5.73. The number of rotatable bonds is 0. The lowest BCUT2D eigenvalue weighted by atomic mass is 10.3. The van der Waals surface area contributed by atoms with Crippen LogP contribution in [0.5, 0.6) is 0 Å². The van der Waals surface area contributed by atoms with Crippen molar-refractivity contribution in [1.82, 2.24) is 0 Å². The molecule has 0 spiro atoms. The third-order valence-corrected chi connectivity index (χ3v) is 2.76. The van der Waals surface area contributed by atoms with Crippen molar-refractivity contribution in [2.24, 2.45) is 0 Å².